The first-order valence-corrected chi connectivity index (χ1v) is 14.3. The third-order valence-corrected chi connectivity index (χ3v) is 6.44. The van der Waals surface area contributed by atoms with Gasteiger partial charge in [0.25, 0.3) is 0 Å². The molecule has 7 nitrogen and oxygen atoms in total. The van der Waals surface area contributed by atoms with E-state index in [0.29, 0.717) is 25.9 Å². The van der Waals surface area contributed by atoms with Crippen LogP contribution in [0.4, 0.5) is 4.79 Å². The number of ketones is 1. The van der Waals surface area contributed by atoms with Crippen molar-refractivity contribution in [1.82, 2.24) is 10.2 Å². The summed E-state index contributed by atoms with van der Waals surface area (Å²) in [5.74, 6) is -0.570. The van der Waals surface area contributed by atoms with Gasteiger partial charge in [-0.05, 0) is 63.3 Å². The first-order valence-electron chi connectivity index (χ1n) is 14.3. The van der Waals surface area contributed by atoms with Crippen LogP contribution in [0.2, 0.25) is 0 Å². The molecular formula is C35H42N2O5. The van der Waals surface area contributed by atoms with Crippen molar-refractivity contribution in [2.45, 2.75) is 77.9 Å². The summed E-state index contributed by atoms with van der Waals surface area (Å²) < 4.78 is 11.1. The van der Waals surface area contributed by atoms with Gasteiger partial charge in [-0.25, -0.2) is 4.79 Å². The van der Waals surface area contributed by atoms with Gasteiger partial charge in [-0.3, -0.25) is 14.5 Å². The number of nitrogens with one attached hydrogen (secondary N) is 1. The Morgan fingerprint density at radius 2 is 1.31 bits per heavy atom. The molecule has 0 saturated carbocycles. The molecule has 0 spiro atoms. The average Bonchev–Trinajstić information content (AvgIpc) is 2.96. The van der Waals surface area contributed by atoms with Crippen molar-refractivity contribution in [2.24, 2.45) is 0 Å². The molecule has 0 saturated heterocycles. The second-order valence-corrected chi connectivity index (χ2v) is 11.2. The fourth-order valence-corrected chi connectivity index (χ4v) is 4.34. The molecule has 0 fully saturated rings. The summed E-state index contributed by atoms with van der Waals surface area (Å²) in [4.78, 5) is 40.4. The summed E-state index contributed by atoms with van der Waals surface area (Å²) in [5, 5.41) is 2.56. The lowest BCUT2D eigenvalue weighted by atomic mass is 10.1. The zero-order valence-electron chi connectivity index (χ0n) is 25.0. The molecule has 0 radical (unpaired) electrons. The van der Waals surface area contributed by atoms with Gasteiger partial charge >= 0.3 is 12.1 Å². The highest BCUT2D eigenvalue weighted by Gasteiger charge is 2.27. The van der Waals surface area contributed by atoms with Crippen LogP contribution in [0, 0.1) is 0 Å². The number of hydrogen-bond donors (Lipinski definition) is 1. The van der Waals surface area contributed by atoms with Crippen LogP contribution in [0.5, 0.6) is 0 Å². The molecular weight excluding hydrogens is 528 g/mol. The summed E-state index contributed by atoms with van der Waals surface area (Å²) in [6.07, 6.45) is 3.47. The van der Waals surface area contributed by atoms with Gasteiger partial charge in [0.05, 0.1) is 6.04 Å². The quantitative estimate of drug-likeness (QED) is 0.173. The Balaban J connectivity index is 1.73. The van der Waals surface area contributed by atoms with Gasteiger partial charge in [0.2, 0.25) is 0 Å². The molecule has 0 aliphatic carbocycles. The van der Waals surface area contributed by atoms with Gasteiger partial charge in [-0.1, -0.05) is 97.1 Å². The van der Waals surface area contributed by atoms with E-state index in [1.54, 1.807) is 33.8 Å². The number of esters is 1. The summed E-state index contributed by atoms with van der Waals surface area (Å²) >= 11 is 0. The van der Waals surface area contributed by atoms with Crippen molar-refractivity contribution in [3.63, 3.8) is 0 Å². The van der Waals surface area contributed by atoms with E-state index in [-0.39, 0.29) is 18.4 Å². The molecule has 0 heterocycles. The van der Waals surface area contributed by atoms with Crippen molar-refractivity contribution in [3.05, 3.63) is 120 Å². The number of rotatable bonds is 14. The zero-order chi connectivity index (χ0) is 30.4. The molecule has 0 aliphatic heterocycles. The zero-order valence-corrected chi connectivity index (χ0v) is 25.0. The molecule has 3 rings (SSSR count). The molecule has 222 valence electrons. The van der Waals surface area contributed by atoms with Gasteiger partial charge in [0.15, 0.2) is 5.78 Å². The van der Waals surface area contributed by atoms with Gasteiger partial charge in [0, 0.05) is 13.1 Å². The van der Waals surface area contributed by atoms with Crippen molar-refractivity contribution in [3.8, 4) is 0 Å². The number of allylic oxidation sites excluding steroid dienone is 1. The van der Waals surface area contributed by atoms with Crippen LogP contribution in [0.15, 0.2) is 103 Å². The molecule has 2 atom stereocenters. The van der Waals surface area contributed by atoms with Crippen molar-refractivity contribution in [1.29, 1.82) is 0 Å². The fraction of sp³-hybridized carbons (Fsp3) is 0.343. The van der Waals surface area contributed by atoms with Crippen LogP contribution < -0.4 is 5.32 Å². The third-order valence-electron chi connectivity index (χ3n) is 6.44. The Morgan fingerprint density at radius 3 is 1.81 bits per heavy atom. The van der Waals surface area contributed by atoms with Gasteiger partial charge < -0.3 is 14.8 Å². The number of benzene rings is 3. The van der Waals surface area contributed by atoms with E-state index >= 15 is 0 Å². The molecule has 0 unspecified atom stereocenters. The number of carbonyl (C=O) groups excluding carboxylic acids is 3. The minimum atomic E-state index is -0.740. The lowest BCUT2D eigenvalue weighted by Gasteiger charge is -2.30. The first kappa shape index (κ1) is 32.3. The predicted molar refractivity (Wildman–Crippen MR) is 164 cm³/mol. The monoisotopic (exact) mass is 570 g/mol. The Morgan fingerprint density at radius 1 is 0.810 bits per heavy atom. The summed E-state index contributed by atoms with van der Waals surface area (Å²) in [5.41, 5.74) is 2.43. The topological polar surface area (TPSA) is 84.9 Å². The Kier molecular flexibility index (Phi) is 12.5. The number of alkyl carbamates (subject to hydrolysis) is 1. The number of ether oxygens (including phenoxy) is 2. The van der Waals surface area contributed by atoms with Crippen LogP contribution in [0.1, 0.15) is 57.2 Å². The Bertz CT molecular complexity index is 1250. The molecule has 1 amide bonds. The fourth-order valence-electron chi connectivity index (χ4n) is 4.34. The highest BCUT2D eigenvalue weighted by Crippen LogP contribution is 2.19. The van der Waals surface area contributed by atoms with Crippen molar-refractivity contribution in [2.75, 3.05) is 0 Å². The van der Waals surface area contributed by atoms with E-state index in [0.717, 1.165) is 16.7 Å². The molecule has 0 aromatic heterocycles. The number of carbonyl (C=O) groups is 3. The smallest absolute Gasteiger partial charge is 0.408 e. The van der Waals surface area contributed by atoms with Crippen LogP contribution >= 0.6 is 0 Å². The van der Waals surface area contributed by atoms with E-state index in [9.17, 15) is 14.4 Å². The highest BCUT2D eigenvalue weighted by atomic mass is 16.6. The Labute approximate surface area is 249 Å². The highest BCUT2D eigenvalue weighted by molar-refractivity contribution is 5.95. The van der Waals surface area contributed by atoms with E-state index in [1.165, 1.54) is 6.08 Å². The maximum absolute atomic E-state index is 13.6. The number of nitrogens with zero attached hydrogens (tertiary/aromatic N) is 1. The lowest BCUT2D eigenvalue weighted by molar-refractivity contribution is -0.152. The largest absolute Gasteiger partial charge is 0.460 e. The first-order chi connectivity index (χ1) is 20.1. The van der Waals surface area contributed by atoms with Crippen molar-refractivity contribution < 1.29 is 23.9 Å². The van der Waals surface area contributed by atoms with Crippen molar-refractivity contribution >= 4 is 17.8 Å². The van der Waals surface area contributed by atoms with Gasteiger partial charge in [-0.2, -0.15) is 0 Å². The lowest BCUT2D eigenvalue weighted by Crippen LogP contribution is -2.41. The van der Waals surface area contributed by atoms with Gasteiger partial charge in [-0.15, -0.1) is 0 Å². The minimum Gasteiger partial charge on any atom is -0.460 e. The second kappa shape index (κ2) is 16.3. The molecule has 3 aromatic carbocycles. The van der Waals surface area contributed by atoms with Crippen LogP contribution in [0.3, 0.4) is 0 Å². The summed E-state index contributed by atoms with van der Waals surface area (Å²) in [6.45, 7) is 8.20. The Hall–Kier alpha value is -4.23. The minimum absolute atomic E-state index is 0.183. The van der Waals surface area contributed by atoms with E-state index in [4.69, 9.17) is 9.47 Å². The maximum atomic E-state index is 13.6. The maximum Gasteiger partial charge on any atom is 0.408 e. The standard InChI is InChI=1S/C35H42N2O5/c1-27(36-34(40)42-35(2,3)4)32(38)23-15-14-22-31(33(39)41-26-30-20-12-7-13-21-30)37(24-28-16-8-5-9-17-28)25-29-18-10-6-11-19-29/h5-13,15-21,23,27,31H,14,22,24-26H2,1-4H3,(H,36,40)/b23-15+/t27-,31-/m0/s1. The van der Waals surface area contributed by atoms with E-state index < -0.39 is 23.8 Å². The molecule has 42 heavy (non-hydrogen) atoms. The summed E-state index contributed by atoms with van der Waals surface area (Å²) in [6, 6.07) is 28.4. The molecule has 7 heteroatoms. The van der Waals surface area contributed by atoms with E-state index in [1.807, 2.05) is 91.0 Å². The number of amides is 1. The molecule has 1 N–H and O–H groups in total. The molecule has 0 aliphatic rings. The van der Waals surface area contributed by atoms with E-state index in [2.05, 4.69) is 10.2 Å². The molecule has 3 aromatic rings. The third kappa shape index (κ3) is 11.7. The SMILES string of the molecule is C[C@H](NC(=O)OC(C)(C)C)C(=O)/C=C/CC[C@@H](C(=O)OCc1ccccc1)N(Cc1ccccc1)Cc1ccccc1. The number of hydrogen-bond acceptors (Lipinski definition) is 6. The summed E-state index contributed by atoms with van der Waals surface area (Å²) in [7, 11) is 0. The van der Waals surface area contributed by atoms with Gasteiger partial charge in [0.1, 0.15) is 18.2 Å². The van der Waals surface area contributed by atoms with Crippen LogP contribution in [-0.4, -0.2) is 40.4 Å². The average molecular weight is 571 g/mol. The molecule has 0 bridgehead atoms. The predicted octanol–water partition coefficient (Wildman–Crippen LogP) is 6.62. The normalized spacial score (nSPS) is 13.0. The van der Waals surface area contributed by atoms with Crippen LogP contribution in [-0.2, 0) is 38.8 Å². The van der Waals surface area contributed by atoms with Crippen LogP contribution in [0.25, 0.3) is 0 Å². The second-order valence-electron chi connectivity index (χ2n) is 11.2.